The summed E-state index contributed by atoms with van der Waals surface area (Å²) in [5, 5.41) is 3.38. The molecule has 0 atom stereocenters. The van der Waals surface area contributed by atoms with Crippen LogP contribution in [0.15, 0.2) is 12.4 Å². The molecule has 1 aromatic rings. The van der Waals surface area contributed by atoms with Gasteiger partial charge in [-0.2, -0.15) is 0 Å². The van der Waals surface area contributed by atoms with Crippen LogP contribution < -0.4 is 5.32 Å². The normalized spacial score (nSPS) is 11.1. The van der Waals surface area contributed by atoms with E-state index in [-0.39, 0.29) is 0 Å². The molecule has 1 rings (SSSR count). The predicted molar refractivity (Wildman–Crippen MR) is 59.1 cm³/mol. The first-order chi connectivity index (χ1) is 6.74. The molecule has 0 unspecified atom stereocenters. The van der Waals surface area contributed by atoms with Gasteiger partial charge in [0.2, 0.25) is 0 Å². The molecule has 14 heavy (non-hydrogen) atoms. The molecule has 0 fully saturated rings. The van der Waals surface area contributed by atoms with Crippen LogP contribution >= 0.6 is 0 Å². The highest BCUT2D eigenvalue weighted by molar-refractivity contribution is 4.92. The number of nitrogens with zero attached hydrogens (tertiary/aromatic N) is 2. The smallest absolute Gasteiger partial charge is 0.122 e. The molecule has 0 amide bonds. The molecule has 0 aliphatic rings. The van der Waals surface area contributed by atoms with Crippen LogP contribution in [0.25, 0.3) is 0 Å². The second-order valence-electron chi connectivity index (χ2n) is 3.93. The zero-order valence-electron chi connectivity index (χ0n) is 9.45. The molecule has 3 heteroatoms. The molecule has 0 bridgehead atoms. The lowest BCUT2D eigenvalue weighted by atomic mass is 10.3. The van der Waals surface area contributed by atoms with E-state index in [1.165, 1.54) is 12.8 Å². The van der Waals surface area contributed by atoms with Crippen molar-refractivity contribution in [2.75, 3.05) is 0 Å². The average Bonchev–Trinajstić information content (AvgIpc) is 2.58. The Labute approximate surface area is 86.5 Å². The summed E-state index contributed by atoms with van der Waals surface area (Å²) in [5.74, 6) is 1.15. The zero-order chi connectivity index (χ0) is 10.4. The molecule has 80 valence electrons. The van der Waals surface area contributed by atoms with Crippen LogP contribution in [0.1, 0.15) is 39.4 Å². The zero-order valence-corrected chi connectivity index (χ0v) is 9.45. The lowest BCUT2D eigenvalue weighted by molar-refractivity contribution is 0.534. The molecule has 0 aromatic carbocycles. The summed E-state index contributed by atoms with van der Waals surface area (Å²) in [4.78, 5) is 4.34. The van der Waals surface area contributed by atoms with Gasteiger partial charge in [0.15, 0.2) is 0 Å². The highest BCUT2D eigenvalue weighted by Gasteiger charge is 2.02. The van der Waals surface area contributed by atoms with Crippen molar-refractivity contribution >= 4 is 0 Å². The van der Waals surface area contributed by atoms with Crippen LogP contribution in [-0.2, 0) is 13.1 Å². The van der Waals surface area contributed by atoms with Crippen LogP contribution in [-0.4, -0.2) is 15.6 Å². The van der Waals surface area contributed by atoms with Crippen LogP contribution in [0.3, 0.4) is 0 Å². The summed E-state index contributed by atoms with van der Waals surface area (Å²) in [6.45, 7) is 8.47. The van der Waals surface area contributed by atoms with Gasteiger partial charge in [-0.15, -0.1) is 0 Å². The number of aromatic nitrogens is 2. The molecular formula is C11H21N3. The Morgan fingerprint density at radius 1 is 1.50 bits per heavy atom. The molecule has 0 saturated heterocycles. The van der Waals surface area contributed by atoms with Gasteiger partial charge in [-0.25, -0.2) is 4.98 Å². The van der Waals surface area contributed by atoms with E-state index >= 15 is 0 Å². The Morgan fingerprint density at radius 3 is 2.93 bits per heavy atom. The molecule has 3 nitrogen and oxygen atoms in total. The summed E-state index contributed by atoms with van der Waals surface area (Å²) in [7, 11) is 0. The minimum absolute atomic E-state index is 0.520. The molecule has 1 heterocycles. The fourth-order valence-corrected chi connectivity index (χ4v) is 1.33. The van der Waals surface area contributed by atoms with Crippen molar-refractivity contribution in [2.24, 2.45) is 0 Å². The van der Waals surface area contributed by atoms with Gasteiger partial charge in [0.05, 0.1) is 6.54 Å². The number of rotatable bonds is 6. The fourth-order valence-electron chi connectivity index (χ4n) is 1.33. The van der Waals surface area contributed by atoms with E-state index in [0.717, 1.165) is 18.9 Å². The van der Waals surface area contributed by atoms with Crippen molar-refractivity contribution in [3.05, 3.63) is 18.2 Å². The number of imidazole rings is 1. The molecule has 0 aliphatic carbocycles. The summed E-state index contributed by atoms with van der Waals surface area (Å²) in [6.07, 6.45) is 6.40. The summed E-state index contributed by atoms with van der Waals surface area (Å²) < 4.78 is 2.24. The molecule has 1 N–H and O–H groups in total. The largest absolute Gasteiger partial charge is 0.334 e. The molecule has 0 aliphatic heterocycles. The minimum atomic E-state index is 0.520. The highest BCUT2D eigenvalue weighted by Crippen LogP contribution is 2.01. The molecule has 0 saturated carbocycles. The Bertz CT molecular complexity index is 253. The van der Waals surface area contributed by atoms with Gasteiger partial charge >= 0.3 is 0 Å². The Hall–Kier alpha value is -0.830. The third-order valence-corrected chi connectivity index (χ3v) is 2.22. The highest BCUT2D eigenvalue weighted by atomic mass is 15.1. The van der Waals surface area contributed by atoms with E-state index < -0.39 is 0 Å². The van der Waals surface area contributed by atoms with E-state index in [9.17, 15) is 0 Å². The van der Waals surface area contributed by atoms with Gasteiger partial charge in [0.1, 0.15) is 5.82 Å². The molecule has 1 aromatic heterocycles. The van der Waals surface area contributed by atoms with E-state index in [1.807, 2.05) is 6.20 Å². The van der Waals surface area contributed by atoms with Gasteiger partial charge in [0.25, 0.3) is 0 Å². The third-order valence-electron chi connectivity index (χ3n) is 2.22. The van der Waals surface area contributed by atoms with Crippen molar-refractivity contribution in [2.45, 2.75) is 52.7 Å². The van der Waals surface area contributed by atoms with Gasteiger partial charge in [0, 0.05) is 25.0 Å². The van der Waals surface area contributed by atoms with Gasteiger partial charge in [-0.1, -0.05) is 27.2 Å². The second kappa shape index (κ2) is 5.81. The topological polar surface area (TPSA) is 29.9 Å². The Morgan fingerprint density at radius 2 is 2.29 bits per heavy atom. The van der Waals surface area contributed by atoms with Crippen LogP contribution in [0, 0.1) is 0 Å². The quantitative estimate of drug-likeness (QED) is 0.754. The van der Waals surface area contributed by atoms with Crippen molar-refractivity contribution in [1.29, 1.82) is 0 Å². The maximum absolute atomic E-state index is 4.34. The Kier molecular flexibility index (Phi) is 4.66. The van der Waals surface area contributed by atoms with Crippen LogP contribution in [0.2, 0.25) is 0 Å². The number of hydrogen-bond donors (Lipinski definition) is 1. The predicted octanol–water partition coefficient (Wildman–Crippen LogP) is 2.18. The van der Waals surface area contributed by atoms with Crippen LogP contribution in [0.4, 0.5) is 0 Å². The SMILES string of the molecule is CCCCn1ccnc1CNC(C)C. The van der Waals surface area contributed by atoms with Crippen LogP contribution in [0.5, 0.6) is 0 Å². The lowest BCUT2D eigenvalue weighted by Gasteiger charge is -2.10. The maximum Gasteiger partial charge on any atom is 0.122 e. The standard InChI is InChI=1S/C11H21N3/c1-4-5-7-14-8-6-12-11(14)9-13-10(2)3/h6,8,10,13H,4-5,7,9H2,1-3H3. The number of hydrogen-bond acceptors (Lipinski definition) is 2. The van der Waals surface area contributed by atoms with E-state index in [0.29, 0.717) is 6.04 Å². The number of nitrogens with one attached hydrogen (secondary N) is 1. The van der Waals surface area contributed by atoms with E-state index in [4.69, 9.17) is 0 Å². The number of unbranched alkanes of at least 4 members (excludes halogenated alkanes) is 1. The summed E-state index contributed by atoms with van der Waals surface area (Å²) in [6, 6.07) is 0.520. The first kappa shape index (κ1) is 11.2. The maximum atomic E-state index is 4.34. The molecule has 0 radical (unpaired) electrons. The van der Waals surface area contributed by atoms with Gasteiger partial charge in [-0.3, -0.25) is 0 Å². The van der Waals surface area contributed by atoms with Gasteiger partial charge in [-0.05, 0) is 6.42 Å². The molecular weight excluding hydrogens is 174 g/mol. The van der Waals surface area contributed by atoms with E-state index in [2.05, 4.69) is 41.8 Å². The van der Waals surface area contributed by atoms with Crippen molar-refractivity contribution in [3.63, 3.8) is 0 Å². The summed E-state index contributed by atoms with van der Waals surface area (Å²) in [5.41, 5.74) is 0. The second-order valence-corrected chi connectivity index (χ2v) is 3.93. The fraction of sp³-hybridized carbons (Fsp3) is 0.727. The summed E-state index contributed by atoms with van der Waals surface area (Å²) >= 11 is 0. The Balaban J connectivity index is 2.45. The molecule has 0 spiro atoms. The van der Waals surface area contributed by atoms with Gasteiger partial charge < -0.3 is 9.88 Å². The van der Waals surface area contributed by atoms with Crippen molar-refractivity contribution < 1.29 is 0 Å². The monoisotopic (exact) mass is 195 g/mol. The first-order valence-electron chi connectivity index (χ1n) is 5.47. The minimum Gasteiger partial charge on any atom is -0.334 e. The van der Waals surface area contributed by atoms with E-state index in [1.54, 1.807) is 0 Å². The van der Waals surface area contributed by atoms with Crippen molar-refractivity contribution in [3.8, 4) is 0 Å². The first-order valence-corrected chi connectivity index (χ1v) is 5.47. The lowest BCUT2D eigenvalue weighted by Crippen LogP contribution is -2.24. The van der Waals surface area contributed by atoms with Crippen molar-refractivity contribution in [1.82, 2.24) is 14.9 Å². The average molecular weight is 195 g/mol. The number of aryl methyl sites for hydroxylation is 1. The third kappa shape index (κ3) is 3.50.